The van der Waals surface area contributed by atoms with Gasteiger partial charge >= 0.3 is 0 Å². The maximum absolute atomic E-state index is 13.3. The summed E-state index contributed by atoms with van der Waals surface area (Å²) in [5, 5.41) is 5.14. The molecule has 19 heavy (non-hydrogen) atoms. The first kappa shape index (κ1) is 15.1. The zero-order valence-corrected chi connectivity index (χ0v) is 11.1. The average Bonchev–Trinajstić information content (AvgIpc) is 2.40. The average molecular weight is 267 g/mol. The van der Waals surface area contributed by atoms with E-state index in [0.717, 1.165) is 0 Å². The third-order valence-corrected chi connectivity index (χ3v) is 2.61. The Morgan fingerprint density at radius 2 is 1.95 bits per heavy atom. The molecule has 0 unspecified atom stereocenters. The number of hydrogen-bond donors (Lipinski definition) is 2. The van der Waals surface area contributed by atoms with E-state index in [-0.39, 0.29) is 24.7 Å². The Morgan fingerprint density at radius 3 is 2.58 bits per heavy atom. The molecule has 2 amide bonds. The van der Waals surface area contributed by atoms with Gasteiger partial charge in [0.05, 0.1) is 18.8 Å². The van der Waals surface area contributed by atoms with Crippen molar-refractivity contribution in [3.63, 3.8) is 0 Å². The van der Waals surface area contributed by atoms with Crippen LogP contribution in [0.15, 0.2) is 24.3 Å². The van der Waals surface area contributed by atoms with Gasteiger partial charge in [-0.3, -0.25) is 14.9 Å². The van der Waals surface area contributed by atoms with Crippen LogP contribution >= 0.6 is 0 Å². The van der Waals surface area contributed by atoms with Gasteiger partial charge in [-0.15, -0.1) is 0 Å². The van der Waals surface area contributed by atoms with Crippen molar-refractivity contribution >= 4 is 17.5 Å². The molecule has 2 N–H and O–H groups in total. The number of carbonyl (C=O) groups excluding carboxylic acids is 2. The molecule has 0 spiro atoms. The van der Waals surface area contributed by atoms with Gasteiger partial charge in [0.15, 0.2) is 0 Å². The molecule has 6 heteroatoms. The van der Waals surface area contributed by atoms with Crippen molar-refractivity contribution in [3.8, 4) is 0 Å². The molecule has 0 bridgehead atoms. The van der Waals surface area contributed by atoms with Crippen molar-refractivity contribution in [1.82, 2.24) is 10.2 Å². The van der Waals surface area contributed by atoms with Crippen molar-refractivity contribution in [2.75, 3.05) is 32.0 Å². The van der Waals surface area contributed by atoms with Gasteiger partial charge in [0.2, 0.25) is 11.8 Å². The highest BCUT2D eigenvalue weighted by atomic mass is 19.1. The van der Waals surface area contributed by atoms with Gasteiger partial charge in [-0.1, -0.05) is 12.1 Å². The first-order chi connectivity index (χ1) is 9.04. The van der Waals surface area contributed by atoms with Crippen LogP contribution in [0.2, 0.25) is 0 Å². The maximum Gasteiger partial charge on any atom is 0.238 e. The molecule has 0 aromatic heterocycles. The SMILES string of the molecule is CCN(C)C(=O)CNCC(=O)Nc1ccccc1F. The number of nitrogens with one attached hydrogen (secondary N) is 2. The van der Waals surface area contributed by atoms with Crippen LogP contribution in [0.5, 0.6) is 0 Å². The van der Waals surface area contributed by atoms with Crippen molar-refractivity contribution in [1.29, 1.82) is 0 Å². The van der Waals surface area contributed by atoms with Crippen LogP contribution in [0.1, 0.15) is 6.92 Å². The highest BCUT2D eigenvalue weighted by Crippen LogP contribution is 2.11. The normalized spacial score (nSPS) is 10.1. The molecule has 0 saturated heterocycles. The first-order valence-corrected chi connectivity index (χ1v) is 6.03. The Hall–Kier alpha value is -1.95. The Labute approximate surface area is 111 Å². The third-order valence-electron chi connectivity index (χ3n) is 2.61. The zero-order valence-electron chi connectivity index (χ0n) is 11.1. The van der Waals surface area contributed by atoms with Crippen LogP contribution in [-0.4, -0.2) is 43.4 Å². The summed E-state index contributed by atoms with van der Waals surface area (Å²) in [5.41, 5.74) is 0.131. The Balaban J connectivity index is 2.33. The van der Waals surface area contributed by atoms with Crippen LogP contribution in [0.4, 0.5) is 10.1 Å². The van der Waals surface area contributed by atoms with E-state index in [4.69, 9.17) is 0 Å². The fraction of sp³-hybridized carbons (Fsp3) is 0.385. The highest BCUT2D eigenvalue weighted by molar-refractivity contribution is 5.92. The molecule has 5 nitrogen and oxygen atoms in total. The summed E-state index contributed by atoms with van der Waals surface area (Å²) in [5.74, 6) is -0.976. The molecule has 0 aliphatic carbocycles. The van der Waals surface area contributed by atoms with E-state index in [2.05, 4.69) is 10.6 Å². The van der Waals surface area contributed by atoms with Gasteiger partial charge in [0.25, 0.3) is 0 Å². The Kier molecular flexibility index (Phi) is 5.95. The van der Waals surface area contributed by atoms with E-state index in [1.54, 1.807) is 24.1 Å². The van der Waals surface area contributed by atoms with E-state index < -0.39 is 11.7 Å². The summed E-state index contributed by atoms with van der Waals surface area (Å²) in [6, 6.07) is 5.92. The van der Waals surface area contributed by atoms with Crippen LogP contribution in [0.3, 0.4) is 0 Å². The second-order valence-electron chi connectivity index (χ2n) is 4.04. The second kappa shape index (κ2) is 7.48. The number of likely N-dealkylation sites (N-methyl/N-ethyl adjacent to an activating group) is 1. The van der Waals surface area contributed by atoms with Gasteiger partial charge in [0, 0.05) is 13.6 Å². The molecule has 1 aromatic carbocycles. The zero-order chi connectivity index (χ0) is 14.3. The summed E-state index contributed by atoms with van der Waals surface area (Å²) < 4.78 is 13.3. The van der Waals surface area contributed by atoms with Crippen molar-refractivity contribution in [3.05, 3.63) is 30.1 Å². The van der Waals surface area contributed by atoms with Crippen molar-refractivity contribution in [2.24, 2.45) is 0 Å². The minimum Gasteiger partial charge on any atom is -0.345 e. The standard InChI is InChI=1S/C13H18FN3O2/c1-3-17(2)13(19)9-15-8-12(18)16-11-7-5-4-6-10(11)14/h4-7,15H,3,8-9H2,1-2H3,(H,16,18). The monoisotopic (exact) mass is 267 g/mol. The summed E-state index contributed by atoms with van der Waals surface area (Å²) in [4.78, 5) is 24.5. The van der Waals surface area contributed by atoms with Gasteiger partial charge in [-0.2, -0.15) is 0 Å². The van der Waals surface area contributed by atoms with Crippen LogP contribution in [0, 0.1) is 5.82 Å². The Bertz CT molecular complexity index is 451. The Morgan fingerprint density at radius 1 is 1.26 bits per heavy atom. The van der Waals surface area contributed by atoms with Gasteiger partial charge in [-0.25, -0.2) is 4.39 Å². The second-order valence-corrected chi connectivity index (χ2v) is 4.04. The van der Waals surface area contributed by atoms with E-state index in [1.165, 1.54) is 12.1 Å². The number of amides is 2. The lowest BCUT2D eigenvalue weighted by Crippen LogP contribution is -2.38. The van der Waals surface area contributed by atoms with Gasteiger partial charge in [-0.05, 0) is 19.1 Å². The molecular formula is C13H18FN3O2. The van der Waals surface area contributed by atoms with E-state index in [1.807, 2.05) is 6.92 Å². The minimum atomic E-state index is -0.488. The van der Waals surface area contributed by atoms with Crippen LogP contribution in [-0.2, 0) is 9.59 Å². The van der Waals surface area contributed by atoms with Gasteiger partial charge < -0.3 is 10.2 Å². The van der Waals surface area contributed by atoms with Crippen LogP contribution < -0.4 is 10.6 Å². The summed E-state index contributed by atoms with van der Waals surface area (Å²) >= 11 is 0. The third kappa shape index (κ3) is 5.05. The summed E-state index contributed by atoms with van der Waals surface area (Å²) in [6.07, 6.45) is 0. The molecule has 0 aliphatic heterocycles. The molecule has 0 atom stereocenters. The lowest BCUT2D eigenvalue weighted by molar-refractivity contribution is -0.128. The van der Waals surface area contributed by atoms with Crippen molar-refractivity contribution < 1.29 is 14.0 Å². The fourth-order valence-corrected chi connectivity index (χ4v) is 1.35. The number of hydrogen-bond acceptors (Lipinski definition) is 3. The topological polar surface area (TPSA) is 61.4 Å². The molecule has 0 saturated carbocycles. The van der Waals surface area contributed by atoms with Crippen molar-refractivity contribution in [2.45, 2.75) is 6.92 Å². The molecule has 0 aliphatic rings. The maximum atomic E-state index is 13.3. The smallest absolute Gasteiger partial charge is 0.238 e. The quantitative estimate of drug-likeness (QED) is 0.802. The molecule has 1 rings (SSSR count). The lowest BCUT2D eigenvalue weighted by Gasteiger charge is -2.14. The predicted molar refractivity (Wildman–Crippen MR) is 71.2 cm³/mol. The predicted octanol–water partition coefficient (Wildman–Crippen LogP) is 0.832. The molecular weight excluding hydrogens is 249 g/mol. The largest absolute Gasteiger partial charge is 0.345 e. The number of halogens is 1. The molecule has 0 radical (unpaired) electrons. The molecule has 104 valence electrons. The fourth-order valence-electron chi connectivity index (χ4n) is 1.35. The molecule has 1 aromatic rings. The highest BCUT2D eigenvalue weighted by Gasteiger charge is 2.08. The number of anilines is 1. The first-order valence-electron chi connectivity index (χ1n) is 6.03. The van der Waals surface area contributed by atoms with E-state index >= 15 is 0 Å². The molecule has 0 heterocycles. The summed E-state index contributed by atoms with van der Waals surface area (Å²) in [6.45, 7) is 2.51. The van der Waals surface area contributed by atoms with E-state index in [0.29, 0.717) is 6.54 Å². The van der Waals surface area contributed by atoms with Crippen LogP contribution in [0.25, 0.3) is 0 Å². The van der Waals surface area contributed by atoms with E-state index in [9.17, 15) is 14.0 Å². The summed E-state index contributed by atoms with van der Waals surface area (Å²) in [7, 11) is 1.68. The number of benzene rings is 1. The minimum absolute atomic E-state index is 0.0440. The van der Waals surface area contributed by atoms with Gasteiger partial charge in [0.1, 0.15) is 5.82 Å². The molecule has 0 fully saturated rings. The number of para-hydroxylation sites is 1. The number of rotatable bonds is 6. The number of carbonyl (C=O) groups is 2. The lowest BCUT2D eigenvalue weighted by atomic mass is 10.3. The number of nitrogens with zero attached hydrogens (tertiary/aromatic N) is 1.